The monoisotopic (exact) mass is 288 g/mol. The lowest BCUT2D eigenvalue weighted by Gasteiger charge is -2.37. The van der Waals surface area contributed by atoms with Gasteiger partial charge in [0, 0.05) is 19.6 Å². The molecular weight excluding hydrogens is 268 g/mol. The molecule has 0 spiro atoms. The number of aliphatic hydroxyl groups is 3. The molecule has 5 N–H and O–H groups in total. The molecule has 9 heteroatoms. The quantitative estimate of drug-likeness (QED) is 0.475. The number of hydrogen-bond donors (Lipinski definition) is 4. The normalized spacial score (nSPS) is 19.1. The third-order valence-corrected chi connectivity index (χ3v) is 3.40. The molecule has 0 aromatic carbocycles. The molecule has 0 amide bonds. The van der Waals surface area contributed by atoms with E-state index in [1.807, 2.05) is 0 Å². The van der Waals surface area contributed by atoms with Crippen LogP contribution >= 0.6 is 0 Å². The van der Waals surface area contributed by atoms with E-state index in [4.69, 9.17) is 15.6 Å². The number of anilines is 1. The molecule has 0 aliphatic rings. The van der Waals surface area contributed by atoms with Gasteiger partial charge < -0.3 is 25.8 Å². The maximum absolute atomic E-state index is 11.7. The first-order valence-electron chi connectivity index (χ1n) is 6.00. The molecule has 9 nitrogen and oxygen atoms in total. The molecular formula is C11H20N4O5. The number of methoxy groups -OCH3 is 1. The largest absolute Gasteiger partial charge is 0.396 e. The van der Waals surface area contributed by atoms with Crippen molar-refractivity contribution in [1.29, 1.82) is 0 Å². The molecule has 1 aromatic heterocycles. The van der Waals surface area contributed by atoms with Crippen molar-refractivity contribution < 1.29 is 20.1 Å². The van der Waals surface area contributed by atoms with Crippen molar-refractivity contribution in [3.8, 4) is 0 Å². The summed E-state index contributed by atoms with van der Waals surface area (Å²) in [6.07, 6.45) is -1.63. The Labute approximate surface area is 115 Å². The van der Waals surface area contributed by atoms with Crippen LogP contribution in [0.15, 0.2) is 11.1 Å². The first-order chi connectivity index (χ1) is 9.25. The lowest BCUT2D eigenvalue weighted by molar-refractivity contribution is -0.176. The molecule has 0 fully saturated rings. The molecule has 0 saturated heterocycles. The van der Waals surface area contributed by atoms with E-state index in [9.17, 15) is 15.0 Å². The van der Waals surface area contributed by atoms with Gasteiger partial charge in [-0.15, -0.1) is 0 Å². The zero-order valence-corrected chi connectivity index (χ0v) is 11.6. The van der Waals surface area contributed by atoms with Crippen LogP contribution < -0.4 is 11.4 Å². The molecule has 114 valence electrons. The Balaban J connectivity index is 3.16. The van der Waals surface area contributed by atoms with Gasteiger partial charge >= 0.3 is 5.69 Å². The minimum Gasteiger partial charge on any atom is -0.396 e. The number of nitrogen functional groups attached to an aromatic ring is 1. The predicted octanol–water partition coefficient (Wildman–Crippen LogP) is -1.89. The summed E-state index contributed by atoms with van der Waals surface area (Å²) in [6.45, 7) is 2.56. The molecule has 0 saturated carbocycles. The molecule has 0 bridgehead atoms. The summed E-state index contributed by atoms with van der Waals surface area (Å²) >= 11 is 0. The number of rotatable bonds is 6. The molecule has 0 aliphatic heterocycles. The average Bonchev–Trinajstić information content (AvgIpc) is 2.40. The minimum atomic E-state index is -1.68. The van der Waals surface area contributed by atoms with E-state index >= 15 is 0 Å². The van der Waals surface area contributed by atoms with Gasteiger partial charge in [0.05, 0.1) is 5.60 Å². The molecule has 0 aliphatic carbocycles. The molecule has 4 unspecified atom stereocenters. The number of aliphatic hydroxyl groups excluding tert-OH is 2. The van der Waals surface area contributed by atoms with E-state index in [0.717, 1.165) is 10.9 Å². The summed E-state index contributed by atoms with van der Waals surface area (Å²) in [7, 11) is 1.26. The highest BCUT2D eigenvalue weighted by Gasteiger charge is 2.42. The standard InChI is InChI=1S/C11H20N4O5/c1-6(4-16)11(2,19)7(17)8(20-3)15-5-13-9(12)14-10(15)18/h5-8,16-17,19H,4H2,1-3H3,(H2,12,14,18). The molecule has 1 rings (SSSR count). The number of nitrogens with two attached hydrogens (primary N) is 1. The van der Waals surface area contributed by atoms with Gasteiger partial charge in [-0.1, -0.05) is 6.92 Å². The zero-order chi connectivity index (χ0) is 15.5. The van der Waals surface area contributed by atoms with Crippen molar-refractivity contribution >= 4 is 5.95 Å². The van der Waals surface area contributed by atoms with Gasteiger partial charge in [0.15, 0.2) is 6.23 Å². The van der Waals surface area contributed by atoms with Crippen molar-refractivity contribution in [2.24, 2.45) is 5.92 Å². The van der Waals surface area contributed by atoms with Gasteiger partial charge in [-0.05, 0) is 6.92 Å². The van der Waals surface area contributed by atoms with Crippen LogP contribution in [0.3, 0.4) is 0 Å². The van der Waals surface area contributed by atoms with Crippen LogP contribution in [0, 0.1) is 5.92 Å². The molecule has 1 heterocycles. The third-order valence-electron chi connectivity index (χ3n) is 3.40. The fourth-order valence-electron chi connectivity index (χ4n) is 1.69. The Morgan fingerprint density at radius 3 is 2.65 bits per heavy atom. The Kier molecular flexibility index (Phi) is 5.17. The van der Waals surface area contributed by atoms with Crippen LogP contribution in [0.25, 0.3) is 0 Å². The fraction of sp³-hybridized carbons (Fsp3) is 0.727. The third kappa shape index (κ3) is 3.12. The fourth-order valence-corrected chi connectivity index (χ4v) is 1.69. The van der Waals surface area contributed by atoms with Crippen molar-refractivity contribution in [2.75, 3.05) is 19.5 Å². The second-order valence-electron chi connectivity index (χ2n) is 4.78. The lowest BCUT2D eigenvalue weighted by atomic mass is 9.85. The Hall–Kier alpha value is -1.55. The molecule has 0 radical (unpaired) electrons. The first kappa shape index (κ1) is 16.5. The summed E-state index contributed by atoms with van der Waals surface area (Å²) in [5.74, 6) is -0.841. The van der Waals surface area contributed by atoms with Crippen molar-refractivity contribution in [3.05, 3.63) is 16.8 Å². The average molecular weight is 288 g/mol. The lowest BCUT2D eigenvalue weighted by Crippen LogP contribution is -2.52. The maximum atomic E-state index is 11.7. The van der Waals surface area contributed by atoms with Gasteiger partial charge in [0.2, 0.25) is 5.95 Å². The molecule has 20 heavy (non-hydrogen) atoms. The summed E-state index contributed by atoms with van der Waals surface area (Å²) in [4.78, 5) is 18.8. The SMILES string of the molecule is COC(C(O)C(C)(O)C(C)CO)n1cnc(N)nc1=O. The van der Waals surface area contributed by atoms with E-state index in [1.54, 1.807) is 6.92 Å². The minimum absolute atomic E-state index is 0.203. The Morgan fingerprint density at radius 2 is 2.20 bits per heavy atom. The summed E-state index contributed by atoms with van der Waals surface area (Å²) in [5, 5.41) is 29.7. The van der Waals surface area contributed by atoms with Crippen LogP contribution in [-0.2, 0) is 4.74 Å². The second-order valence-corrected chi connectivity index (χ2v) is 4.78. The number of aromatic nitrogens is 3. The summed E-state index contributed by atoms with van der Waals surface area (Å²) < 4.78 is 5.97. The van der Waals surface area contributed by atoms with Gasteiger partial charge in [0.25, 0.3) is 0 Å². The maximum Gasteiger partial charge on any atom is 0.354 e. The Morgan fingerprint density at radius 1 is 1.60 bits per heavy atom. The van der Waals surface area contributed by atoms with E-state index in [0.29, 0.717) is 0 Å². The number of ether oxygens (including phenoxy) is 1. The van der Waals surface area contributed by atoms with E-state index in [-0.39, 0.29) is 12.6 Å². The van der Waals surface area contributed by atoms with E-state index in [2.05, 4.69) is 9.97 Å². The second kappa shape index (κ2) is 6.27. The zero-order valence-electron chi connectivity index (χ0n) is 11.6. The number of nitrogens with zero attached hydrogens (tertiary/aromatic N) is 3. The van der Waals surface area contributed by atoms with Gasteiger partial charge in [0.1, 0.15) is 12.4 Å². The van der Waals surface area contributed by atoms with Gasteiger partial charge in [-0.25, -0.2) is 9.78 Å². The van der Waals surface area contributed by atoms with E-state index in [1.165, 1.54) is 14.0 Å². The van der Waals surface area contributed by atoms with Crippen molar-refractivity contribution in [3.63, 3.8) is 0 Å². The first-order valence-corrected chi connectivity index (χ1v) is 6.00. The highest BCUT2D eigenvalue weighted by atomic mass is 16.5. The highest BCUT2D eigenvalue weighted by molar-refractivity contribution is 5.10. The smallest absolute Gasteiger partial charge is 0.354 e. The van der Waals surface area contributed by atoms with Gasteiger partial charge in [-0.3, -0.25) is 4.57 Å². The Bertz CT molecular complexity index is 504. The van der Waals surface area contributed by atoms with Crippen LogP contribution in [0.5, 0.6) is 0 Å². The summed E-state index contributed by atoms with van der Waals surface area (Å²) in [5.41, 5.74) is 2.83. The van der Waals surface area contributed by atoms with Crippen LogP contribution in [0.4, 0.5) is 5.95 Å². The highest BCUT2D eigenvalue weighted by Crippen LogP contribution is 2.28. The number of hydrogen-bond acceptors (Lipinski definition) is 8. The molecule has 1 aromatic rings. The van der Waals surface area contributed by atoms with Crippen LogP contribution in [-0.4, -0.2) is 55.3 Å². The topological polar surface area (TPSA) is 144 Å². The van der Waals surface area contributed by atoms with Crippen LogP contribution in [0.1, 0.15) is 20.1 Å². The molecule has 4 atom stereocenters. The van der Waals surface area contributed by atoms with Gasteiger partial charge in [-0.2, -0.15) is 4.98 Å². The van der Waals surface area contributed by atoms with Crippen molar-refractivity contribution in [1.82, 2.24) is 14.5 Å². The van der Waals surface area contributed by atoms with E-state index < -0.39 is 29.5 Å². The predicted molar refractivity (Wildman–Crippen MR) is 69.6 cm³/mol. The van der Waals surface area contributed by atoms with Crippen molar-refractivity contribution in [2.45, 2.75) is 31.8 Å². The van der Waals surface area contributed by atoms with Crippen LogP contribution in [0.2, 0.25) is 0 Å². The summed E-state index contributed by atoms with van der Waals surface area (Å²) in [6, 6.07) is 0.